The fraction of sp³-hybridized carbons (Fsp3) is 0.552. The Bertz CT molecular complexity index is 969. The number of hydrogen-bond donors (Lipinski definition) is 1. The fourth-order valence-corrected chi connectivity index (χ4v) is 5.99. The van der Waals surface area contributed by atoms with Gasteiger partial charge >= 0.3 is 0 Å². The van der Waals surface area contributed by atoms with Crippen molar-refractivity contribution < 1.29 is 0 Å². The average molecular weight is 464 g/mol. The van der Waals surface area contributed by atoms with Crippen molar-refractivity contribution in [1.82, 2.24) is 4.90 Å². The van der Waals surface area contributed by atoms with Gasteiger partial charge in [0.1, 0.15) is 0 Å². The van der Waals surface area contributed by atoms with Gasteiger partial charge in [0.25, 0.3) is 0 Å². The van der Waals surface area contributed by atoms with Crippen molar-refractivity contribution in [2.45, 2.75) is 85.2 Å². The van der Waals surface area contributed by atoms with Gasteiger partial charge in [0.2, 0.25) is 0 Å². The van der Waals surface area contributed by atoms with Crippen molar-refractivity contribution >= 4 is 28.7 Å². The molecule has 178 valence electrons. The first-order chi connectivity index (χ1) is 16.0. The van der Waals surface area contributed by atoms with Crippen LogP contribution in [0.15, 0.2) is 36.4 Å². The highest BCUT2D eigenvalue weighted by Crippen LogP contribution is 2.32. The minimum Gasteiger partial charge on any atom is -0.371 e. The molecule has 0 aromatic heterocycles. The summed E-state index contributed by atoms with van der Waals surface area (Å²) in [5, 5.41) is 4.49. The Kier molecular flexibility index (Phi) is 7.95. The van der Waals surface area contributed by atoms with E-state index in [0.29, 0.717) is 12.0 Å². The predicted octanol–water partition coefficient (Wildman–Crippen LogP) is 7.24. The zero-order chi connectivity index (χ0) is 23.4. The summed E-state index contributed by atoms with van der Waals surface area (Å²) in [4.78, 5) is 5.06. The van der Waals surface area contributed by atoms with Gasteiger partial charge in [0.05, 0.1) is 0 Å². The summed E-state index contributed by atoms with van der Waals surface area (Å²) in [5.74, 6) is 0.662. The Labute approximate surface area is 206 Å². The molecule has 2 aromatic rings. The van der Waals surface area contributed by atoms with Crippen LogP contribution in [0.3, 0.4) is 0 Å². The van der Waals surface area contributed by atoms with Crippen molar-refractivity contribution in [3.05, 3.63) is 58.7 Å². The zero-order valence-electron chi connectivity index (χ0n) is 21.0. The Morgan fingerprint density at radius 1 is 1.09 bits per heavy atom. The van der Waals surface area contributed by atoms with E-state index in [-0.39, 0.29) is 0 Å². The summed E-state index contributed by atoms with van der Waals surface area (Å²) in [6, 6.07) is 14.2. The number of benzene rings is 2. The summed E-state index contributed by atoms with van der Waals surface area (Å²) in [5.41, 5.74) is 7.97. The van der Waals surface area contributed by atoms with E-state index in [1.54, 1.807) is 0 Å². The molecular weight excluding hydrogens is 422 g/mol. The maximum atomic E-state index is 6.07. The lowest BCUT2D eigenvalue weighted by Gasteiger charge is -2.40. The van der Waals surface area contributed by atoms with Crippen molar-refractivity contribution in [2.75, 3.05) is 23.3 Å². The van der Waals surface area contributed by atoms with E-state index >= 15 is 0 Å². The highest BCUT2D eigenvalue weighted by Gasteiger charge is 2.29. The normalized spacial score (nSPS) is 20.3. The Balaban J connectivity index is 1.59. The third-order valence-electron chi connectivity index (χ3n) is 7.57. The lowest BCUT2D eigenvalue weighted by atomic mass is 9.84. The Morgan fingerprint density at radius 3 is 2.70 bits per heavy atom. The smallest absolute Gasteiger partial charge is 0.173 e. The maximum Gasteiger partial charge on any atom is 0.173 e. The lowest BCUT2D eigenvalue weighted by molar-refractivity contribution is 0.177. The van der Waals surface area contributed by atoms with E-state index in [0.717, 1.165) is 23.9 Å². The molecule has 4 heteroatoms. The third kappa shape index (κ3) is 5.71. The van der Waals surface area contributed by atoms with Gasteiger partial charge in [-0.15, -0.1) is 0 Å². The first kappa shape index (κ1) is 24.1. The number of aryl methyl sites for hydroxylation is 3. The van der Waals surface area contributed by atoms with Crippen molar-refractivity contribution in [3.8, 4) is 0 Å². The summed E-state index contributed by atoms with van der Waals surface area (Å²) >= 11 is 6.07. The van der Waals surface area contributed by atoms with Crippen molar-refractivity contribution in [2.24, 2.45) is 5.92 Å². The van der Waals surface area contributed by atoms with Gasteiger partial charge in [-0.05, 0) is 98.5 Å². The molecule has 2 atom stereocenters. The number of nitrogens with one attached hydrogen (secondary N) is 1. The standard InChI is InChI=1S/C29H41N3S/c1-5-16-31-17-8-10-25-19-24(14-15-28(25)31)20-32(27-11-7-6-9-23(27)4)29(33)30-26-18-21(2)12-13-22(26)3/h12-15,18-19,23,27H,5-11,16-17,20H2,1-4H3,(H,30,33). The van der Waals surface area contributed by atoms with Crippen LogP contribution in [0.1, 0.15) is 74.6 Å². The molecule has 0 bridgehead atoms. The Hall–Kier alpha value is -2.07. The maximum absolute atomic E-state index is 6.07. The van der Waals surface area contributed by atoms with Gasteiger partial charge in [-0.25, -0.2) is 0 Å². The molecule has 1 heterocycles. The van der Waals surface area contributed by atoms with Gasteiger partial charge in [-0.2, -0.15) is 0 Å². The molecule has 1 saturated carbocycles. The molecule has 33 heavy (non-hydrogen) atoms. The van der Waals surface area contributed by atoms with Crippen molar-refractivity contribution in [3.63, 3.8) is 0 Å². The number of rotatable bonds is 6. The number of fused-ring (bicyclic) bond motifs is 1. The topological polar surface area (TPSA) is 18.5 Å². The molecular formula is C29H41N3S. The molecule has 1 aliphatic carbocycles. The minimum absolute atomic E-state index is 0.497. The molecule has 1 fully saturated rings. The molecule has 3 nitrogen and oxygen atoms in total. The molecule has 2 aliphatic rings. The van der Waals surface area contributed by atoms with E-state index in [1.807, 2.05) is 0 Å². The predicted molar refractivity (Wildman–Crippen MR) is 146 cm³/mol. The molecule has 0 amide bonds. The van der Waals surface area contributed by atoms with Crippen LogP contribution in [0, 0.1) is 19.8 Å². The highest BCUT2D eigenvalue weighted by atomic mass is 32.1. The second-order valence-corrected chi connectivity index (χ2v) is 10.6. The van der Waals surface area contributed by atoms with Crippen LogP contribution >= 0.6 is 12.2 Å². The first-order valence-electron chi connectivity index (χ1n) is 13.0. The van der Waals surface area contributed by atoms with E-state index in [9.17, 15) is 0 Å². The molecule has 4 rings (SSSR count). The van der Waals surface area contributed by atoms with Crippen LogP contribution in [0.5, 0.6) is 0 Å². The van der Waals surface area contributed by atoms with Gasteiger partial charge in [0.15, 0.2) is 5.11 Å². The number of thiocarbonyl (C=S) groups is 1. The first-order valence-corrected chi connectivity index (χ1v) is 13.4. The second kappa shape index (κ2) is 10.9. The average Bonchev–Trinajstić information content (AvgIpc) is 2.80. The molecule has 0 radical (unpaired) electrons. The van der Waals surface area contributed by atoms with E-state index in [1.165, 1.54) is 79.4 Å². The lowest BCUT2D eigenvalue weighted by Crippen LogP contribution is -2.46. The summed E-state index contributed by atoms with van der Waals surface area (Å²) in [6.07, 6.45) is 8.81. The van der Waals surface area contributed by atoms with Crippen LogP contribution in [0.25, 0.3) is 0 Å². The fourth-order valence-electron chi connectivity index (χ4n) is 5.68. The molecule has 1 N–H and O–H groups in total. The van der Waals surface area contributed by atoms with Crippen molar-refractivity contribution in [1.29, 1.82) is 0 Å². The number of nitrogens with zero attached hydrogens (tertiary/aromatic N) is 2. The van der Waals surface area contributed by atoms with Crippen LogP contribution in [-0.4, -0.2) is 29.1 Å². The number of hydrogen-bond acceptors (Lipinski definition) is 2. The van der Waals surface area contributed by atoms with Gasteiger partial charge < -0.3 is 15.1 Å². The van der Waals surface area contributed by atoms with Gasteiger partial charge in [-0.3, -0.25) is 0 Å². The van der Waals surface area contributed by atoms with Gasteiger partial charge in [0, 0.05) is 37.1 Å². The van der Waals surface area contributed by atoms with Crippen LogP contribution in [-0.2, 0) is 13.0 Å². The summed E-state index contributed by atoms with van der Waals surface area (Å²) in [7, 11) is 0. The van der Waals surface area contributed by atoms with Crippen LogP contribution < -0.4 is 10.2 Å². The van der Waals surface area contributed by atoms with E-state index in [4.69, 9.17) is 12.2 Å². The summed E-state index contributed by atoms with van der Waals surface area (Å²) in [6.45, 7) is 12.2. The monoisotopic (exact) mass is 463 g/mol. The molecule has 0 saturated heterocycles. The van der Waals surface area contributed by atoms with Crippen LogP contribution in [0.4, 0.5) is 11.4 Å². The zero-order valence-corrected chi connectivity index (χ0v) is 21.8. The highest BCUT2D eigenvalue weighted by molar-refractivity contribution is 7.80. The summed E-state index contributed by atoms with van der Waals surface area (Å²) < 4.78 is 0. The number of anilines is 2. The Morgan fingerprint density at radius 2 is 1.91 bits per heavy atom. The molecule has 1 aliphatic heterocycles. The molecule has 0 spiro atoms. The second-order valence-electron chi connectivity index (χ2n) is 10.3. The molecule has 2 unspecified atom stereocenters. The van der Waals surface area contributed by atoms with E-state index < -0.39 is 0 Å². The third-order valence-corrected chi connectivity index (χ3v) is 7.90. The largest absolute Gasteiger partial charge is 0.371 e. The van der Waals surface area contributed by atoms with Gasteiger partial charge in [-0.1, -0.05) is 51.0 Å². The van der Waals surface area contributed by atoms with Crippen LogP contribution in [0.2, 0.25) is 0 Å². The quantitative estimate of drug-likeness (QED) is 0.455. The minimum atomic E-state index is 0.497. The van der Waals surface area contributed by atoms with E-state index in [2.05, 4.69) is 79.2 Å². The molecule has 2 aromatic carbocycles. The SMILES string of the molecule is CCCN1CCCc2cc(CN(C(=S)Nc3cc(C)ccc3C)C3CCCCC3C)ccc21.